The highest BCUT2D eigenvalue weighted by atomic mass is 32.2. The smallest absolute Gasteiger partial charge is 0.319 e. The monoisotopic (exact) mass is 263 g/mol. The molecule has 1 atom stereocenters. The second-order valence-electron chi connectivity index (χ2n) is 3.77. The Labute approximate surface area is 106 Å². The third-order valence-corrected chi connectivity index (χ3v) is 5.13. The van der Waals surface area contributed by atoms with E-state index in [1.54, 1.807) is 0 Å². The maximum absolute atomic E-state index is 11.3. The molecule has 5 heteroatoms. The maximum atomic E-state index is 11.3. The lowest BCUT2D eigenvalue weighted by Crippen LogP contribution is -2.33. The van der Waals surface area contributed by atoms with Crippen molar-refractivity contribution in [3.63, 3.8) is 0 Å². The van der Waals surface area contributed by atoms with Gasteiger partial charge >= 0.3 is 5.97 Å². The number of thioether (sulfide) groups is 2. The van der Waals surface area contributed by atoms with Gasteiger partial charge in [-0.15, -0.1) is 0 Å². The Morgan fingerprint density at radius 1 is 1.50 bits per heavy atom. The van der Waals surface area contributed by atoms with E-state index in [1.165, 1.54) is 17.3 Å². The lowest BCUT2D eigenvalue weighted by Gasteiger charge is -2.20. The number of nitrogens with one attached hydrogen (secondary N) is 1. The third-order valence-electron chi connectivity index (χ3n) is 2.29. The van der Waals surface area contributed by atoms with Gasteiger partial charge in [-0.25, -0.2) is 0 Å². The van der Waals surface area contributed by atoms with Crippen LogP contribution >= 0.6 is 23.5 Å². The minimum Gasteiger partial charge on any atom is -0.465 e. The largest absolute Gasteiger partial charge is 0.465 e. The molecule has 1 N–H and O–H groups in total. The summed E-state index contributed by atoms with van der Waals surface area (Å²) < 4.78 is 5.06. The number of unbranched alkanes of at least 4 members (excludes halogenated alkanes) is 1. The molecule has 0 aromatic carbocycles. The minimum absolute atomic E-state index is 0.123. The summed E-state index contributed by atoms with van der Waals surface area (Å²) in [7, 11) is 0. The molecule has 0 aromatic heterocycles. The van der Waals surface area contributed by atoms with Crippen molar-refractivity contribution in [3.05, 3.63) is 0 Å². The van der Waals surface area contributed by atoms with Crippen molar-refractivity contribution in [3.8, 4) is 0 Å². The third kappa shape index (κ3) is 6.66. The van der Waals surface area contributed by atoms with E-state index >= 15 is 0 Å². The van der Waals surface area contributed by atoms with Gasteiger partial charge in [-0.1, -0.05) is 13.3 Å². The zero-order valence-electron chi connectivity index (χ0n) is 9.87. The molecule has 1 aliphatic rings. The van der Waals surface area contributed by atoms with E-state index in [1.807, 2.05) is 23.5 Å². The van der Waals surface area contributed by atoms with Crippen molar-refractivity contribution in [2.45, 2.75) is 25.0 Å². The predicted molar refractivity (Wildman–Crippen MR) is 72.3 cm³/mol. The van der Waals surface area contributed by atoms with Crippen LogP contribution in [-0.2, 0) is 9.53 Å². The summed E-state index contributed by atoms with van der Waals surface area (Å²) >= 11 is 4.00. The summed E-state index contributed by atoms with van der Waals surface area (Å²) in [5.74, 6) is 3.57. The van der Waals surface area contributed by atoms with E-state index in [4.69, 9.17) is 4.74 Å². The Morgan fingerprint density at radius 2 is 2.38 bits per heavy atom. The topological polar surface area (TPSA) is 38.3 Å². The highest BCUT2D eigenvalue weighted by Gasteiger charge is 2.14. The number of hydrogen-bond donors (Lipinski definition) is 1. The Balaban J connectivity index is 1.94. The molecule has 1 aliphatic heterocycles. The molecule has 0 aromatic rings. The highest BCUT2D eigenvalue weighted by Crippen LogP contribution is 2.23. The fourth-order valence-electron chi connectivity index (χ4n) is 1.37. The van der Waals surface area contributed by atoms with Crippen molar-refractivity contribution in [2.75, 3.05) is 37.0 Å². The van der Waals surface area contributed by atoms with Gasteiger partial charge in [0.15, 0.2) is 0 Å². The lowest BCUT2D eigenvalue weighted by molar-refractivity contribution is -0.142. The van der Waals surface area contributed by atoms with Gasteiger partial charge in [-0.3, -0.25) is 4.79 Å². The second kappa shape index (κ2) is 9.19. The van der Waals surface area contributed by atoms with Gasteiger partial charge in [-0.2, -0.15) is 23.5 Å². The second-order valence-corrected chi connectivity index (χ2v) is 6.33. The molecule has 0 aliphatic carbocycles. The number of esters is 1. The van der Waals surface area contributed by atoms with Gasteiger partial charge in [0.05, 0.1) is 13.2 Å². The first kappa shape index (κ1) is 14.2. The minimum atomic E-state index is -0.123. The van der Waals surface area contributed by atoms with Crippen LogP contribution in [0.4, 0.5) is 0 Å². The van der Waals surface area contributed by atoms with Gasteiger partial charge in [0.1, 0.15) is 0 Å². The molecule has 94 valence electrons. The molecule has 0 saturated carbocycles. The van der Waals surface area contributed by atoms with E-state index in [0.29, 0.717) is 18.4 Å². The molecule has 0 amide bonds. The Morgan fingerprint density at radius 3 is 3.06 bits per heavy atom. The van der Waals surface area contributed by atoms with Crippen LogP contribution in [0.3, 0.4) is 0 Å². The Bertz CT molecular complexity index is 196. The van der Waals surface area contributed by atoms with E-state index < -0.39 is 0 Å². The number of carbonyl (C=O) groups excluding carboxylic acids is 1. The summed E-state index contributed by atoms with van der Waals surface area (Å²) in [5, 5.41) is 3.83. The lowest BCUT2D eigenvalue weighted by atomic mass is 10.4. The summed E-state index contributed by atoms with van der Waals surface area (Å²) in [6.45, 7) is 3.92. The highest BCUT2D eigenvalue weighted by molar-refractivity contribution is 8.06. The molecule has 0 radical (unpaired) electrons. The van der Waals surface area contributed by atoms with Crippen LogP contribution in [0.15, 0.2) is 0 Å². The fraction of sp³-hybridized carbons (Fsp3) is 0.909. The number of rotatable bonds is 7. The standard InChI is InChI=1S/C11H21NO2S2/c1-2-3-4-14-11(13)8-12-7-10-9-15-5-6-16-10/h10,12H,2-9H2,1H3. The summed E-state index contributed by atoms with van der Waals surface area (Å²) in [5.41, 5.74) is 0. The average Bonchev–Trinajstić information content (AvgIpc) is 2.31. The maximum Gasteiger partial charge on any atom is 0.319 e. The van der Waals surface area contributed by atoms with Crippen molar-refractivity contribution in [1.82, 2.24) is 5.32 Å². The van der Waals surface area contributed by atoms with Crippen LogP contribution in [0.5, 0.6) is 0 Å². The first-order chi connectivity index (χ1) is 7.83. The molecule has 0 spiro atoms. The molecular weight excluding hydrogens is 242 g/mol. The number of hydrogen-bond acceptors (Lipinski definition) is 5. The molecule has 1 saturated heterocycles. The Hall–Kier alpha value is 0.130. The van der Waals surface area contributed by atoms with Gasteiger partial charge in [0, 0.05) is 29.1 Å². The number of ether oxygens (including phenoxy) is 1. The zero-order chi connectivity index (χ0) is 11.6. The first-order valence-corrected chi connectivity index (χ1v) is 8.09. The van der Waals surface area contributed by atoms with Gasteiger partial charge in [-0.05, 0) is 6.42 Å². The van der Waals surface area contributed by atoms with Crippen LogP contribution in [0.25, 0.3) is 0 Å². The quantitative estimate of drug-likeness (QED) is 0.560. The van der Waals surface area contributed by atoms with Gasteiger partial charge in [0.25, 0.3) is 0 Å². The Kier molecular flexibility index (Phi) is 8.15. The van der Waals surface area contributed by atoms with Crippen LogP contribution in [0.1, 0.15) is 19.8 Å². The van der Waals surface area contributed by atoms with E-state index in [-0.39, 0.29) is 5.97 Å². The van der Waals surface area contributed by atoms with Crippen LogP contribution in [0.2, 0.25) is 0 Å². The molecule has 16 heavy (non-hydrogen) atoms. The fourth-order valence-corrected chi connectivity index (χ4v) is 4.02. The molecule has 1 fully saturated rings. The molecule has 1 unspecified atom stereocenters. The van der Waals surface area contributed by atoms with Crippen molar-refractivity contribution >= 4 is 29.5 Å². The number of carbonyl (C=O) groups is 1. The molecule has 1 rings (SSSR count). The zero-order valence-corrected chi connectivity index (χ0v) is 11.5. The van der Waals surface area contributed by atoms with Crippen molar-refractivity contribution in [2.24, 2.45) is 0 Å². The predicted octanol–water partition coefficient (Wildman–Crippen LogP) is 1.77. The molecule has 0 bridgehead atoms. The van der Waals surface area contributed by atoms with Gasteiger partial charge < -0.3 is 10.1 Å². The summed E-state index contributed by atoms with van der Waals surface area (Å²) in [6.07, 6.45) is 2.03. The SMILES string of the molecule is CCCCOC(=O)CNCC1CSCCS1. The first-order valence-electron chi connectivity index (χ1n) is 5.88. The van der Waals surface area contributed by atoms with Crippen molar-refractivity contribution < 1.29 is 9.53 Å². The van der Waals surface area contributed by atoms with Crippen LogP contribution < -0.4 is 5.32 Å². The summed E-state index contributed by atoms with van der Waals surface area (Å²) in [6, 6.07) is 0. The summed E-state index contributed by atoms with van der Waals surface area (Å²) in [4.78, 5) is 11.3. The van der Waals surface area contributed by atoms with Crippen molar-refractivity contribution in [1.29, 1.82) is 0 Å². The molecule has 1 heterocycles. The normalized spacial score (nSPS) is 20.7. The van der Waals surface area contributed by atoms with E-state index in [2.05, 4.69) is 12.2 Å². The van der Waals surface area contributed by atoms with Gasteiger partial charge in [0.2, 0.25) is 0 Å². The van der Waals surface area contributed by atoms with E-state index in [0.717, 1.165) is 19.4 Å². The average molecular weight is 263 g/mol. The molecule has 3 nitrogen and oxygen atoms in total. The molecular formula is C11H21NO2S2. The van der Waals surface area contributed by atoms with Crippen LogP contribution in [0, 0.1) is 0 Å². The van der Waals surface area contributed by atoms with Crippen LogP contribution in [-0.4, -0.2) is 48.2 Å². The van der Waals surface area contributed by atoms with E-state index in [9.17, 15) is 4.79 Å².